The number of rotatable bonds is 9. The van der Waals surface area contributed by atoms with Crippen molar-refractivity contribution in [1.29, 1.82) is 5.26 Å². The average molecular weight is 424 g/mol. The molecule has 148 valence electrons. The first-order valence-corrected chi connectivity index (χ1v) is 10.8. The van der Waals surface area contributed by atoms with Gasteiger partial charge in [-0.05, 0) is 48.7 Å². The lowest BCUT2D eigenvalue weighted by atomic mass is 10.2. The Balaban J connectivity index is 1.72. The molecule has 0 amide bonds. The highest BCUT2D eigenvalue weighted by Crippen LogP contribution is 2.26. The zero-order chi connectivity index (χ0) is 20.5. The van der Waals surface area contributed by atoms with Crippen molar-refractivity contribution >= 4 is 35.3 Å². The fourth-order valence-electron chi connectivity index (χ4n) is 2.34. The number of aliphatic hydroxyl groups excluding tert-OH is 1. The first-order chi connectivity index (χ1) is 14.2. The Kier molecular flexibility index (Phi) is 7.76. The maximum Gasteiger partial charge on any atom is 0.191 e. The minimum atomic E-state index is -0.115. The summed E-state index contributed by atoms with van der Waals surface area (Å²) in [6.07, 6.45) is 0. The maximum atomic E-state index is 9.33. The van der Waals surface area contributed by atoms with Gasteiger partial charge in [-0.3, -0.25) is 0 Å². The fraction of sp³-hybridized carbons (Fsp3) is 0.190. The van der Waals surface area contributed by atoms with E-state index in [1.807, 2.05) is 43.3 Å². The van der Waals surface area contributed by atoms with Crippen LogP contribution in [0.2, 0.25) is 0 Å². The van der Waals surface area contributed by atoms with Crippen molar-refractivity contribution in [3.63, 3.8) is 0 Å². The van der Waals surface area contributed by atoms with Crippen molar-refractivity contribution in [2.24, 2.45) is 0 Å². The van der Waals surface area contributed by atoms with E-state index < -0.39 is 0 Å². The molecule has 1 atom stereocenters. The van der Waals surface area contributed by atoms with E-state index in [1.54, 1.807) is 23.9 Å². The Labute approximate surface area is 178 Å². The van der Waals surface area contributed by atoms with Gasteiger partial charge in [-0.1, -0.05) is 42.1 Å². The molecule has 8 heteroatoms. The van der Waals surface area contributed by atoms with Gasteiger partial charge in [-0.25, -0.2) is 9.97 Å². The number of hydrogen-bond donors (Lipinski definition) is 3. The summed E-state index contributed by atoms with van der Waals surface area (Å²) in [5, 5.41) is 22.1. The molecule has 0 saturated heterocycles. The van der Waals surface area contributed by atoms with Gasteiger partial charge in [0.05, 0.1) is 18.2 Å². The standard InChI is InChI=1S/C21H21N5OS2/c1-15(13-27)23-19-11-20(26-29-18-9-7-16(12-22)8-10-18)25-21(24-19)28-14-17-5-3-2-4-6-17/h2-11,15,27H,13-14H2,1H3,(H2,23,24,25,26)/t15-/m1/s1. The summed E-state index contributed by atoms with van der Waals surface area (Å²) in [6.45, 7) is 1.90. The molecule has 0 radical (unpaired) electrons. The second-order valence-electron chi connectivity index (χ2n) is 6.26. The Hall–Kier alpha value is -2.73. The van der Waals surface area contributed by atoms with E-state index in [0.717, 1.165) is 10.6 Å². The van der Waals surface area contributed by atoms with Crippen LogP contribution in [0.4, 0.5) is 11.6 Å². The van der Waals surface area contributed by atoms with Gasteiger partial charge in [0.15, 0.2) is 5.16 Å². The number of aliphatic hydroxyl groups is 1. The fourth-order valence-corrected chi connectivity index (χ4v) is 3.76. The summed E-state index contributed by atoms with van der Waals surface area (Å²) in [5.74, 6) is 2.08. The summed E-state index contributed by atoms with van der Waals surface area (Å²) >= 11 is 2.97. The van der Waals surface area contributed by atoms with Crippen LogP contribution in [-0.2, 0) is 5.75 Å². The van der Waals surface area contributed by atoms with E-state index in [2.05, 4.69) is 38.2 Å². The lowest BCUT2D eigenvalue weighted by Gasteiger charge is -2.14. The van der Waals surface area contributed by atoms with E-state index in [0.29, 0.717) is 22.4 Å². The second kappa shape index (κ2) is 10.7. The molecule has 0 saturated carbocycles. The van der Waals surface area contributed by atoms with Crippen LogP contribution in [0.3, 0.4) is 0 Å². The van der Waals surface area contributed by atoms with E-state index in [4.69, 9.17) is 5.26 Å². The molecule has 0 aliphatic carbocycles. The Morgan fingerprint density at radius 1 is 1.07 bits per heavy atom. The lowest BCUT2D eigenvalue weighted by Crippen LogP contribution is -2.20. The van der Waals surface area contributed by atoms with E-state index in [-0.39, 0.29) is 12.6 Å². The van der Waals surface area contributed by atoms with Crippen molar-refractivity contribution in [3.8, 4) is 6.07 Å². The Bertz CT molecular complexity index is 961. The number of hydrogen-bond acceptors (Lipinski definition) is 8. The molecule has 0 aliphatic heterocycles. The molecule has 6 nitrogen and oxygen atoms in total. The largest absolute Gasteiger partial charge is 0.394 e. The van der Waals surface area contributed by atoms with Crippen LogP contribution in [-0.4, -0.2) is 27.7 Å². The van der Waals surface area contributed by atoms with Crippen molar-refractivity contribution in [3.05, 3.63) is 71.8 Å². The van der Waals surface area contributed by atoms with Gasteiger partial charge in [-0.15, -0.1) is 0 Å². The monoisotopic (exact) mass is 423 g/mol. The highest BCUT2D eigenvalue weighted by Gasteiger charge is 2.09. The number of nitrogens with zero attached hydrogens (tertiary/aromatic N) is 3. The maximum absolute atomic E-state index is 9.33. The first kappa shape index (κ1) is 21.0. The number of nitrogens with one attached hydrogen (secondary N) is 2. The number of benzene rings is 2. The van der Waals surface area contributed by atoms with Crippen molar-refractivity contribution in [1.82, 2.24) is 9.97 Å². The number of thioether (sulfide) groups is 1. The summed E-state index contributed by atoms with van der Waals surface area (Å²) in [4.78, 5) is 10.1. The number of anilines is 2. The topological polar surface area (TPSA) is 93.9 Å². The predicted octanol–water partition coefficient (Wildman–Crippen LogP) is 4.55. The quantitative estimate of drug-likeness (QED) is 0.262. The molecule has 0 fully saturated rings. The highest BCUT2D eigenvalue weighted by molar-refractivity contribution is 8.00. The minimum absolute atomic E-state index is 0.0131. The zero-order valence-electron chi connectivity index (χ0n) is 15.9. The molecule has 1 heterocycles. The zero-order valence-corrected chi connectivity index (χ0v) is 17.5. The third-order valence-electron chi connectivity index (χ3n) is 3.84. The van der Waals surface area contributed by atoms with Crippen molar-refractivity contribution in [2.75, 3.05) is 16.6 Å². The Morgan fingerprint density at radius 3 is 2.48 bits per heavy atom. The average Bonchev–Trinajstić information content (AvgIpc) is 2.77. The number of nitriles is 1. The summed E-state index contributed by atoms with van der Waals surface area (Å²) in [7, 11) is 0. The molecule has 0 unspecified atom stereocenters. The predicted molar refractivity (Wildman–Crippen MR) is 119 cm³/mol. The van der Waals surface area contributed by atoms with E-state index in [1.165, 1.54) is 17.5 Å². The van der Waals surface area contributed by atoms with Gasteiger partial charge in [0.25, 0.3) is 0 Å². The molecule has 0 bridgehead atoms. The van der Waals surface area contributed by atoms with Crippen LogP contribution < -0.4 is 10.0 Å². The van der Waals surface area contributed by atoms with Crippen LogP contribution in [0, 0.1) is 11.3 Å². The van der Waals surface area contributed by atoms with Crippen LogP contribution in [0.5, 0.6) is 0 Å². The van der Waals surface area contributed by atoms with Crippen molar-refractivity contribution in [2.45, 2.75) is 28.8 Å². The highest BCUT2D eigenvalue weighted by atomic mass is 32.2. The van der Waals surface area contributed by atoms with Crippen molar-refractivity contribution < 1.29 is 5.11 Å². The third-order valence-corrected chi connectivity index (χ3v) is 5.58. The first-order valence-electron chi connectivity index (χ1n) is 9.02. The Morgan fingerprint density at radius 2 is 1.79 bits per heavy atom. The molecular formula is C21H21N5OS2. The van der Waals surface area contributed by atoms with Crippen LogP contribution in [0.1, 0.15) is 18.1 Å². The van der Waals surface area contributed by atoms with E-state index in [9.17, 15) is 5.11 Å². The molecule has 29 heavy (non-hydrogen) atoms. The molecule has 0 spiro atoms. The normalized spacial score (nSPS) is 11.5. The van der Waals surface area contributed by atoms with Gasteiger partial charge >= 0.3 is 0 Å². The third kappa shape index (κ3) is 6.68. The molecule has 2 aromatic carbocycles. The molecule has 1 aromatic heterocycles. The smallest absolute Gasteiger partial charge is 0.191 e. The second-order valence-corrected chi connectivity index (χ2v) is 8.09. The van der Waals surface area contributed by atoms with Gasteiger partial charge in [0.1, 0.15) is 11.6 Å². The van der Waals surface area contributed by atoms with Gasteiger partial charge in [0.2, 0.25) is 0 Å². The minimum Gasteiger partial charge on any atom is -0.394 e. The van der Waals surface area contributed by atoms with E-state index >= 15 is 0 Å². The van der Waals surface area contributed by atoms with Gasteiger partial charge in [0, 0.05) is 22.8 Å². The van der Waals surface area contributed by atoms with Crippen LogP contribution in [0.25, 0.3) is 0 Å². The lowest BCUT2D eigenvalue weighted by molar-refractivity contribution is 0.281. The molecule has 3 rings (SSSR count). The van der Waals surface area contributed by atoms with Crippen LogP contribution in [0.15, 0.2) is 70.7 Å². The summed E-state index contributed by atoms with van der Waals surface area (Å²) in [6, 6.07) is 21.3. The van der Waals surface area contributed by atoms with Gasteiger partial charge < -0.3 is 15.1 Å². The molecule has 3 aromatic rings. The SMILES string of the molecule is C[C@H](CO)Nc1cc(NSc2ccc(C#N)cc2)nc(SCc2ccccc2)n1. The molecule has 3 N–H and O–H groups in total. The molecular weight excluding hydrogens is 402 g/mol. The van der Waals surface area contributed by atoms with Crippen LogP contribution >= 0.6 is 23.7 Å². The van der Waals surface area contributed by atoms with Gasteiger partial charge in [-0.2, -0.15) is 5.26 Å². The molecule has 0 aliphatic rings. The summed E-state index contributed by atoms with van der Waals surface area (Å²) in [5.41, 5.74) is 1.82. The number of aromatic nitrogens is 2. The summed E-state index contributed by atoms with van der Waals surface area (Å²) < 4.78 is 3.24.